The summed E-state index contributed by atoms with van der Waals surface area (Å²) in [6, 6.07) is 27.0. The first-order chi connectivity index (χ1) is 12.2. The van der Waals surface area contributed by atoms with E-state index in [1.165, 1.54) is 0 Å². The number of para-hydroxylation sites is 1. The number of halogens is 1. The monoisotopic (exact) mass is 350 g/mol. The molecule has 0 aliphatic heterocycles. The topological polar surface area (TPSA) is 32.3 Å². The largest absolute Gasteiger partial charge is 0.376 e. The average Bonchev–Trinajstić information content (AvgIpc) is 2.67. The normalized spacial score (nSPS) is 10.3. The molecule has 0 radical (unpaired) electrons. The lowest BCUT2D eigenvalue weighted by molar-refractivity contribution is -0.117. The van der Waals surface area contributed by atoms with Crippen molar-refractivity contribution >= 4 is 28.9 Å². The fourth-order valence-electron chi connectivity index (χ4n) is 2.54. The van der Waals surface area contributed by atoms with Crippen molar-refractivity contribution in [1.29, 1.82) is 0 Å². The third-order valence-electron chi connectivity index (χ3n) is 3.84. The predicted octanol–water partition coefficient (Wildman–Crippen LogP) is 4.99. The first kappa shape index (κ1) is 17.1. The van der Waals surface area contributed by atoms with Crippen molar-refractivity contribution in [3.05, 3.63) is 95.5 Å². The van der Waals surface area contributed by atoms with Gasteiger partial charge in [0.1, 0.15) is 0 Å². The van der Waals surface area contributed by atoms with E-state index in [1.54, 1.807) is 17.0 Å². The number of anilines is 2. The van der Waals surface area contributed by atoms with Crippen molar-refractivity contribution in [2.75, 3.05) is 16.8 Å². The van der Waals surface area contributed by atoms with Crippen LogP contribution in [0.4, 0.5) is 11.4 Å². The molecule has 4 heteroatoms. The van der Waals surface area contributed by atoms with Gasteiger partial charge in [-0.05, 0) is 42.0 Å². The molecule has 0 bridgehead atoms. The van der Waals surface area contributed by atoms with Crippen LogP contribution in [0.25, 0.3) is 0 Å². The molecular weight excluding hydrogens is 332 g/mol. The number of hydrogen-bond acceptors (Lipinski definition) is 2. The molecule has 25 heavy (non-hydrogen) atoms. The molecule has 0 aromatic heterocycles. The Labute approximate surface area is 152 Å². The van der Waals surface area contributed by atoms with Crippen molar-refractivity contribution in [2.24, 2.45) is 0 Å². The van der Waals surface area contributed by atoms with Crippen LogP contribution in [0.15, 0.2) is 84.9 Å². The highest BCUT2D eigenvalue weighted by atomic mass is 35.5. The van der Waals surface area contributed by atoms with Crippen LogP contribution in [-0.4, -0.2) is 12.5 Å². The van der Waals surface area contributed by atoms with Crippen molar-refractivity contribution in [3.63, 3.8) is 0 Å². The van der Waals surface area contributed by atoms with Crippen molar-refractivity contribution in [1.82, 2.24) is 0 Å². The minimum Gasteiger partial charge on any atom is -0.376 e. The van der Waals surface area contributed by atoms with Gasteiger partial charge < -0.3 is 10.2 Å². The summed E-state index contributed by atoms with van der Waals surface area (Å²) in [7, 11) is 0. The van der Waals surface area contributed by atoms with Gasteiger partial charge in [-0.1, -0.05) is 60.1 Å². The van der Waals surface area contributed by atoms with Crippen molar-refractivity contribution < 1.29 is 4.79 Å². The van der Waals surface area contributed by atoms with E-state index in [0.29, 0.717) is 11.6 Å². The second-order valence-electron chi connectivity index (χ2n) is 5.66. The highest BCUT2D eigenvalue weighted by Gasteiger charge is 2.15. The van der Waals surface area contributed by atoms with Gasteiger partial charge in [0, 0.05) is 16.4 Å². The molecule has 0 saturated carbocycles. The molecule has 1 N–H and O–H groups in total. The molecule has 0 spiro atoms. The summed E-state index contributed by atoms with van der Waals surface area (Å²) in [4.78, 5) is 14.6. The number of benzene rings is 3. The fraction of sp³-hybridized carbons (Fsp3) is 0.0952. The van der Waals surface area contributed by atoms with Crippen LogP contribution in [0, 0.1) is 0 Å². The summed E-state index contributed by atoms with van der Waals surface area (Å²) in [5, 5.41) is 3.83. The SMILES string of the molecule is O=C(CNc1ccc(Cl)cc1)N(Cc1ccccc1)c1ccccc1. The van der Waals surface area contributed by atoms with Gasteiger partial charge in [0.25, 0.3) is 0 Å². The van der Waals surface area contributed by atoms with Gasteiger partial charge >= 0.3 is 0 Å². The second-order valence-corrected chi connectivity index (χ2v) is 6.10. The zero-order valence-electron chi connectivity index (χ0n) is 13.7. The highest BCUT2D eigenvalue weighted by Crippen LogP contribution is 2.18. The van der Waals surface area contributed by atoms with Gasteiger partial charge in [-0.25, -0.2) is 0 Å². The van der Waals surface area contributed by atoms with E-state index in [9.17, 15) is 4.79 Å². The predicted molar refractivity (Wildman–Crippen MR) is 104 cm³/mol. The van der Waals surface area contributed by atoms with E-state index < -0.39 is 0 Å². The maximum absolute atomic E-state index is 12.8. The van der Waals surface area contributed by atoms with Gasteiger partial charge in [0.15, 0.2) is 0 Å². The third kappa shape index (κ3) is 4.85. The Morgan fingerprint density at radius 3 is 2.08 bits per heavy atom. The Hall–Kier alpha value is -2.78. The molecule has 0 aliphatic carbocycles. The Balaban J connectivity index is 1.74. The van der Waals surface area contributed by atoms with E-state index in [-0.39, 0.29) is 12.5 Å². The molecule has 0 atom stereocenters. The molecule has 0 unspecified atom stereocenters. The van der Waals surface area contributed by atoms with E-state index in [4.69, 9.17) is 11.6 Å². The summed E-state index contributed by atoms with van der Waals surface area (Å²) in [5.74, 6) is 0.00463. The van der Waals surface area contributed by atoms with Gasteiger partial charge in [0.2, 0.25) is 5.91 Å². The lowest BCUT2D eigenvalue weighted by Crippen LogP contribution is -2.35. The Bertz CT molecular complexity index is 804. The van der Waals surface area contributed by atoms with Gasteiger partial charge in [-0.15, -0.1) is 0 Å². The molecule has 0 saturated heterocycles. The Kier molecular flexibility index (Phi) is 5.70. The van der Waals surface area contributed by atoms with Crippen molar-refractivity contribution in [3.8, 4) is 0 Å². The number of carbonyl (C=O) groups is 1. The molecule has 3 aromatic rings. The van der Waals surface area contributed by atoms with Crippen LogP contribution in [0.1, 0.15) is 5.56 Å². The van der Waals surface area contributed by atoms with E-state index in [0.717, 1.165) is 16.9 Å². The zero-order chi connectivity index (χ0) is 17.5. The summed E-state index contributed by atoms with van der Waals surface area (Å²) >= 11 is 5.89. The van der Waals surface area contributed by atoms with Crippen LogP contribution in [0.3, 0.4) is 0 Å². The summed E-state index contributed by atoms with van der Waals surface area (Å²) in [6.07, 6.45) is 0. The zero-order valence-corrected chi connectivity index (χ0v) is 14.5. The van der Waals surface area contributed by atoms with E-state index >= 15 is 0 Å². The minimum absolute atomic E-state index is 0.00463. The van der Waals surface area contributed by atoms with Gasteiger partial charge in [-0.2, -0.15) is 0 Å². The molecule has 3 aromatic carbocycles. The third-order valence-corrected chi connectivity index (χ3v) is 4.09. The van der Waals surface area contributed by atoms with Crippen molar-refractivity contribution in [2.45, 2.75) is 6.54 Å². The molecule has 1 amide bonds. The van der Waals surface area contributed by atoms with E-state index in [2.05, 4.69) is 5.32 Å². The first-order valence-electron chi connectivity index (χ1n) is 8.11. The Morgan fingerprint density at radius 2 is 1.44 bits per heavy atom. The number of carbonyl (C=O) groups excluding carboxylic acids is 1. The average molecular weight is 351 g/mol. The number of nitrogens with one attached hydrogen (secondary N) is 1. The second kappa shape index (κ2) is 8.36. The maximum atomic E-state index is 12.8. The van der Waals surface area contributed by atoms with Crippen LogP contribution in [-0.2, 0) is 11.3 Å². The maximum Gasteiger partial charge on any atom is 0.246 e. The molecule has 0 heterocycles. The van der Waals surface area contributed by atoms with Gasteiger partial charge in [-0.3, -0.25) is 4.79 Å². The lowest BCUT2D eigenvalue weighted by atomic mass is 10.2. The smallest absolute Gasteiger partial charge is 0.246 e. The molecule has 3 nitrogen and oxygen atoms in total. The number of hydrogen-bond donors (Lipinski definition) is 1. The number of rotatable bonds is 6. The van der Waals surface area contributed by atoms with Crippen LogP contribution in [0.2, 0.25) is 5.02 Å². The lowest BCUT2D eigenvalue weighted by Gasteiger charge is -2.23. The van der Waals surface area contributed by atoms with Crippen LogP contribution in [0.5, 0.6) is 0 Å². The minimum atomic E-state index is 0.00463. The Morgan fingerprint density at radius 1 is 0.840 bits per heavy atom. The summed E-state index contributed by atoms with van der Waals surface area (Å²) in [6.45, 7) is 0.745. The van der Waals surface area contributed by atoms with E-state index in [1.807, 2.05) is 72.8 Å². The quantitative estimate of drug-likeness (QED) is 0.679. The number of amides is 1. The molecule has 3 rings (SSSR count). The molecule has 0 fully saturated rings. The highest BCUT2D eigenvalue weighted by molar-refractivity contribution is 6.30. The summed E-state index contributed by atoms with van der Waals surface area (Å²) in [5.41, 5.74) is 2.84. The standard InChI is InChI=1S/C21H19ClN2O/c22-18-11-13-19(14-12-18)23-15-21(25)24(20-9-5-2-6-10-20)16-17-7-3-1-4-8-17/h1-14,23H,15-16H2. The summed E-state index contributed by atoms with van der Waals surface area (Å²) < 4.78 is 0. The molecule has 126 valence electrons. The van der Waals surface area contributed by atoms with Crippen LogP contribution < -0.4 is 10.2 Å². The van der Waals surface area contributed by atoms with Crippen LogP contribution >= 0.6 is 11.6 Å². The number of nitrogens with zero attached hydrogens (tertiary/aromatic N) is 1. The van der Waals surface area contributed by atoms with Gasteiger partial charge in [0.05, 0.1) is 13.1 Å². The molecule has 0 aliphatic rings. The fourth-order valence-corrected chi connectivity index (χ4v) is 2.66. The first-order valence-corrected chi connectivity index (χ1v) is 8.49. The molecular formula is C21H19ClN2O.